The molecule has 0 aromatic heterocycles. The van der Waals surface area contributed by atoms with Gasteiger partial charge in [-0.2, -0.15) is 0 Å². The molecule has 0 amide bonds. The van der Waals surface area contributed by atoms with Crippen molar-refractivity contribution in [1.82, 2.24) is 0 Å². The summed E-state index contributed by atoms with van der Waals surface area (Å²) >= 11 is 0. The minimum Gasteiger partial charge on any atom is -0.390 e. The predicted molar refractivity (Wildman–Crippen MR) is 53.0 cm³/mol. The van der Waals surface area contributed by atoms with Gasteiger partial charge in [-0.3, -0.25) is 0 Å². The standard InChI is InChI=1S/C10H14N2/c1-7-4-5-8(2)10(9(7)3)12-6-11/h4-6H,1-3H3,(H2,11,12). The van der Waals surface area contributed by atoms with E-state index in [1.54, 1.807) is 0 Å². The molecular weight excluding hydrogens is 148 g/mol. The Kier molecular flexibility index (Phi) is 2.48. The first-order valence-corrected chi connectivity index (χ1v) is 3.98. The van der Waals surface area contributed by atoms with Crippen LogP contribution in [0, 0.1) is 20.8 Å². The van der Waals surface area contributed by atoms with Crippen LogP contribution < -0.4 is 5.73 Å². The van der Waals surface area contributed by atoms with Crippen LogP contribution >= 0.6 is 0 Å². The van der Waals surface area contributed by atoms with Gasteiger partial charge in [0.05, 0.1) is 12.0 Å². The molecule has 0 aliphatic heterocycles. The lowest BCUT2D eigenvalue weighted by Crippen LogP contribution is -1.90. The molecule has 0 heterocycles. The van der Waals surface area contributed by atoms with Crippen LogP contribution in [0.1, 0.15) is 16.7 Å². The largest absolute Gasteiger partial charge is 0.390 e. The lowest BCUT2D eigenvalue weighted by atomic mass is 10.0. The number of hydrogen-bond donors (Lipinski definition) is 1. The Labute approximate surface area is 73.1 Å². The van der Waals surface area contributed by atoms with E-state index in [9.17, 15) is 0 Å². The average molecular weight is 162 g/mol. The highest BCUT2D eigenvalue weighted by atomic mass is 14.8. The second-order valence-corrected chi connectivity index (χ2v) is 2.95. The number of rotatable bonds is 1. The summed E-state index contributed by atoms with van der Waals surface area (Å²) in [5, 5.41) is 0. The maximum atomic E-state index is 5.26. The van der Waals surface area contributed by atoms with Gasteiger partial charge in [-0.15, -0.1) is 0 Å². The summed E-state index contributed by atoms with van der Waals surface area (Å²) in [6, 6.07) is 4.16. The van der Waals surface area contributed by atoms with Crippen LogP contribution in [-0.2, 0) is 0 Å². The van der Waals surface area contributed by atoms with Crippen LogP contribution in [0.15, 0.2) is 17.1 Å². The number of hydrogen-bond acceptors (Lipinski definition) is 1. The van der Waals surface area contributed by atoms with Gasteiger partial charge in [0, 0.05) is 0 Å². The van der Waals surface area contributed by atoms with Crippen molar-refractivity contribution < 1.29 is 0 Å². The van der Waals surface area contributed by atoms with Crippen LogP contribution in [0.3, 0.4) is 0 Å². The molecule has 2 nitrogen and oxygen atoms in total. The molecule has 0 spiro atoms. The second kappa shape index (κ2) is 3.39. The molecule has 1 aromatic carbocycles. The van der Waals surface area contributed by atoms with Gasteiger partial charge in [0.1, 0.15) is 0 Å². The Morgan fingerprint density at radius 2 is 1.75 bits per heavy atom. The zero-order valence-electron chi connectivity index (χ0n) is 7.76. The zero-order valence-corrected chi connectivity index (χ0v) is 7.76. The average Bonchev–Trinajstić information content (AvgIpc) is 2.06. The van der Waals surface area contributed by atoms with Gasteiger partial charge in [0.2, 0.25) is 0 Å². The summed E-state index contributed by atoms with van der Waals surface area (Å²) in [6.07, 6.45) is 1.34. The first kappa shape index (κ1) is 8.78. The van der Waals surface area contributed by atoms with Gasteiger partial charge in [0.15, 0.2) is 0 Å². The Morgan fingerprint density at radius 3 is 2.33 bits per heavy atom. The van der Waals surface area contributed by atoms with Gasteiger partial charge < -0.3 is 5.73 Å². The van der Waals surface area contributed by atoms with Crippen molar-refractivity contribution in [3.05, 3.63) is 28.8 Å². The summed E-state index contributed by atoms with van der Waals surface area (Å²) in [6.45, 7) is 6.17. The molecule has 0 saturated carbocycles. The SMILES string of the molecule is Cc1ccc(C)c(N=CN)c1C. The van der Waals surface area contributed by atoms with Crippen molar-refractivity contribution in [2.45, 2.75) is 20.8 Å². The Hall–Kier alpha value is -1.31. The number of aliphatic imine (C=N–C) groups is 1. The third-order valence-electron chi connectivity index (χ3n) is 2.11. The fourth-order valence-electron chi connectivity index (χ4n) is 1.21. The van der Waals surface area contributed by atoms with Crippen molar-refractivity contribution in [2.75, 3.05) is 0 Å². The summed E-state index contributed by atoms with van der Waals surface area (Å²) in [4.78, 5) is 4.12. The number of aryl methyl sites for hydroxylation is 2. The van der Waals surface area contributed by atoms with Crippen LogP contribution in [0.25, 0.3) is 0 Å². The molecule has 2 N–H and O–H groups in total. The van der Waals surface area contributed by atoms with E-state index in [1.165, 1.54) is 23.0 Å². The van der Waals surface area contributed by atoms with Crippen LogP contribution in [0.2, 0.25) is 0 Å². The number of nitrogens with zero attached hydrogens (tertiary/aromatic N) is 1. The highest BCUT2D eigenvalue weighted by Crippen LogP contribution is 2.25. The molecule has 0 bridgehead atoms. The third-order valence-corrected chi connectivity index (χ3v) is 2.11. The quantitative estimate of drug-likeness (QED) is 0.499. The lowest BCUT2D eigenvalue weighted by Gasteiger charge is -2.06. The Morgan fingerprint density at radius 1 is 1.17 bits per heavy atom. The first-order chi connectivity index (χ1) is 5.66. The van der Waals surface area contributed by atoms with Crippen molar-refractivity contribution >= 4 is 12.0 Å². The smallest absolute Gasteiger partial charge is 0.0860 e. The molecule has 0 fully saturated rings. The number of benzene rings is 1. The van der Waals surface area contributed by atoms with Crippen LogP contribution in [0.4, 0.5) is 5.69 Å². The van der Waals surface area contributed by atoms with Gasteiger partial charge in [0.25, 0.3) is 0 Å². The van der Waals surface area contributed by atoms with E-state index < -0.39 is 0 Å². The maximum absolute atomic E-state index is 5.26. The minimum atomic E-state index is 0.998. The maximum Gasteiger partial charge on any atom is 0.0860 e. The van der Waals surface area contributed by atoms with E-state index in [2.05, 4.69) is 31.0 Å². The van der Waals surface area contributed by atoms with Crippen molar-refractivity contribution in [2.24, 2.45) is 10.7 Å². The first-order valence-electron chi connectivity index (χ1n) is 3.98. The molecule has 0 aliphatic rings. The molecule has 2 heteroatoms. The normalized spacial score (nSPS) is 10.9. The van der Waals surface area contributed by atoms with Crippen molar-refractivity contribution in [3.63, 3.8) is 0 Å². The Bertz CT molecular complexity index is 314. The molecule has 12 heavy (non-hydrogen) atoms. The van der Waals surface area contributed by atoms with E-state index in [-0.39, 0.29) is 0 Å². The lowest BCUT2D eigenvalue weighted by molar-refractivity contribution is 1.27. The summed E-state index contributed by atoms with van der Waals surface area (Å²) in [7, 11) is 0. The minimum absolute atomic E-state index is 0.998. The summed E-state index contributed by atoms with van der Waals surface area (Å²) < 4.78 is 0. The Balaban J connectivity index is 3.32. The van der Waals surface area contributed by atoms with Gasteiger partial charge >= 0.3 is 0 Å². The van der Waals surface area contributed by atoms with E-state index in [0.29, 0.717) is 0 Å². The molecule has 0 saturated heterocycles. The summed E-state index contributed by atoms with van der Waals surface area (Å²) in [5.74, 6) is 0. The van der Waals surface area contributed by atoms with Crippen LogP contribution in [-0.4, -0.2) is 6.34 Å². The van der Waals surface area contributed by atoms with E-state index in [0.717, 1.165) is 5.69 Å². The zero-order chi connectivity index (χ0) is 9.14. The van der Waals surface area contributed by atoms with Gasteiger partial charge in [-0.25, -0.2) is 4.99 Å². The molecule has 1 rings (SSSR count). The van der Waals surface area contributed by atoms with E-state index in [1.807, 2.05) is 6.92 Å². The highest BCUT2D eigenvalue weighted by Gasteiger charge is 2.01. The van der Waals surface area contributed by atoms with Gasteiger partial charge in [-0.05, 0) is 37.5 Å². The molecule has 64 valence electrons. The molecule has 0 unspecified atom stereocenters. The monoisotopic (exact) mass is 162 g/mol. The molecular formula is C10H14N2. The molecule has 0 atom stereocenters. The fraction of sp³-hybridized carbons (Fsp3) is 0.300. The molecule has 0 aliphatic carbocycles. The molecule has 1 aromatic rings. The fourth-order valence-corrected chi connectivity index (χ4v) is 1.21. The van der Waals surface area contributed by atoms with Crippen LogP contribution in [0.5, 0.6) is 0 Å². The van der Waals surface area contributed by atoms with E-state index >= 15 is 0 Å². The predicted octanol–water partition coefficient (Wildman–Crippen LogP) is 2.23. The third kappa shape index (κ3) is 1.47. The topological polar surface area (TPSA) is 38.4 Å². The highest BCUT2D eigenvalue weighted by molar-refractivity contribution is 5.64. The summed E-state index contributed by atoms with van der Waals surface area (Å²) in [5.41, 5.74) is 9.88. The number of nitrogens with two attached hydrogens (primary N) is 1. The van der Waals surface area contributed by atoms with E-state index in [4.69, 9.17) is 5.73 Å². The molecule has 0 radical (unpaired) electrons. The van der Waals surface area contributed by atoms with Crippen molar-refractivity contribution in [3.8, 4) is 0 Å². The van der Waals surface area contributed by atoms with Crippen molar-refractivity contribution in [1.29, 1.82) is 0 Å². The van der Waals surface area contributed by atoms with Gasteiger partial charge in [-0.1, -0.05) is 12.1 Å². The second-order valence-electron chi connectivity index (χ2n) is 2.95.